The number of nitrogens with zero attached hydrogens (tertiary/aromatic N) is 1. The fraction of sp³-hybridized carbons (Fsp3) is 0.909. The fourth-order valence-corrected chi connectivity index (χ4v) is 1.98. The van der Waals surface area contributed by atoms with Crippen molar-refractivity contribution in [3.8, 4) is 0 Å². The Labute approximate surface area is 94.4 Å². The SMILES string of the molecule is CCCCC(=O)N1C[C@@H](O)C[C@@H](C(F)F)C1. The smallest absolute Gasteiger partial charge is 0.243 e. The van der Waals surface area contributed by atoms with Gasteiger partial charge in [-0.05, 0) is 12.8 Å². The molecule has 1 aliphatic heterocycles. The highest BCUT2D eigenvalue weighted by Crippen LogP contribution is 2.23. The first-order valence-electron chi connectivity index (χ1n) is 5.78. The Morgan fingerprint density at radius 2 is 2.19 bits per heavy atom. The summed E-state index contributed by atoms with van der Waals surface area (Å²) in [6, 6.07) is 0. The third kappa shape index (κ3) is 3.70. The van der Waals surface area contributed by atoms with Crippen LogP contribution >= 0.6 is 0 Å². The molecule has 0 aliphatic carbocycles. The van der Waals surface area contributed by atoms with Gasteiger partial charge in [0.15, 0.2) is 0 Å². The van der Waals surface area contributed by atoms with Gasteiger partial charge in [-0.3, -0.25) is 4.79 Å². The molecule has 3 nitrogen and oxygen atoms in total. The van der Waals surface area contributed by atoms with Crippen molar-refractivity contribution in [3.63, 3.8) is 0 Å². The van der Waals surface area contributed by atoms with Crippen LogP contribution in [0.5, 0.6) is 0 Å². The van der Waals surface area contributed by atoms with Crippen LogP contribution in [0.25, 0.3) is 0 Å². The number of aliphatic hydroxyl groups is 1. The predicted molar refractivity (Wildman–Crippen MR) is 56.2 cm³/mol. The summed E-state index contributed by atoms with van der Waals surface area (Å²) in [4.78, 5) is 13.0. The van der Waals surface area contributed by atoms with E-state index < -0.39 is 18.4 Å². The normalized spacial score (nSPS) is 26.2. The molecule has 0 aromatic rings. The molecule has 1 heterocycles. The third-order valence-corrected chi connectivity index (χ3v) is 2.91. The standard InChI is InChI=1S/C11H19F2NO2/c1-2-3-4-10(16)14-6-8(11(12)13)5-9(15)7-14/h8-9,11,15H,2-7H2,1H3/t8-,9+/m1/s1. The molecular formula is C11H19F2NO2. The molecule has 94 valence electrons. The lowest BCUT2D eigenvalue weighted by Gasteiger charge is -2.35. The van der Waals surface area contributed by atoms with Crippen LogP contribution in [-0.4, -0.2) is 41.5 Å². The molecule has 0 aromatic carbocycles. The highest BCUT2D eigenvalue weighted by molar-refractivity contribution is 5.76. The Hall–Kier alpha value is -0.710. The van der Waals surface area contributed by atoms with E-state index in [0.717, 1.165) is 12.8 Å². The molecule has 0 radical (unpaired) electrons. The number of hydrogen-bond acceptors (Lipinski definition) is 2. The third-order valence-electron chi connectivity index (χ3n) is 2.91. The van der Waals surface area contributed by atoms with Crippen LogP contribution in [0.15, 0.2) is 0 Å². The molecule has 16 heavy (non-hydrogen) atoms. The summed E-state index contributed by atoms with van der Waals surface area (Å²) >= 11 is 0. The maximum Gasteiger partial charge on any atom is 0.243 e. The van der Waals surface area contributed by atoms with Gasteiger partial charge in [0, 0.05) is 25.4 Å². The topological polar surface area (TPSA) is 40.5 Å². The zero-order valence-corrected chi connectivity index (χ0v) is 9.53. The van der Waals surface area contributed by atoms with Crippen LogP contribution in [0, 0.1) is 5.92 Å². The minimum absolute atomic E-state index is 0.0806. The summed E-state index contributed by atoms with van der Waals surface area (Å²) in [5, 5.41) is 9.45. The van der Waals surface area contributed by atoms with Crippen molar-refractivity contribution in [1.82, 2.24) is 4.90 Å². The second-order valence-corrected chi connectivity index (χ2v) is 4.39. The van der Waals surface area contributed by atoms with Gasteiger partial charge in [0.1, 0.15) is 0 Å². The van der Waals surface area contributed by atoms with Crippen LogP contribution < -0.4 is 0 Å². The van der Waals surface area contributed by atoms with Gasteiger partial charge in [-0.25, -0.2) is 8.78 Å². The Morgan fingerprint density at radius 3 is 2.75 bits per heavy atom. The number of unbranched alkanes of at least 4 members (excludes halogenated alkanes) is 1. The predicted octanol–water partition coefficient (Wildman–Crippen LogP) is 1.65. The minimum atomic E-state index is -2.46. The number of piperidine rings is 1. The molecule has 5 heteroatoms. The van der Waals surface area contributed by atoms with Gasteiger partial charge in [-0.2, -0.15) is 0 Å². The van der Waals surface area contributed by atoms with Crippen molar-refractivity contribution in [1.29, 1.82) is 0 Å². The van der Waals surface area contributed by atoms with E-state index in [0.29, 0.717) is 6.42 Å². The second-order valence-electron chi connectivity index (χ2n) is 4.39. The molecule has 0 unspecified atom stereocenters. The minimum Gasteiger partial charge on any atom is -0.391 e. The van der Waals surface area contributed by atoms with E-state index in [1.165, 1.54) is 4.90 Å². The summed E-state index contributed by atoms with van der Waals surface area (Å²) in [5.74, 6) is -0.999. The molecule has 0 bridgehead atoms. The van der Waals surface area contributed by atoms with Crippen LogP contribution in [0.2, 0.25) is 0 Å². The number of amides is 1. The number of rotatable bonds is 4. The van der Waals surface area contributed by atoms with Crippen molar-refractivity contribution in [3.05, 3.63) is 0 Å². The number of carbonyl (C=O) groups is 1. The second kappa shape index (κ2) is 6.13. The van der Waals surface area contributed by atoms with Gasteiger partial charge in [0.2, 0.25) is 12.3 Å². The first kappa shape index (κ1) is 13.4. The van der Waals surface area contributed by atoms with Gasteiger partial charge in [-0.1, -0.05) is 13.3 Å². The van der Waals surface area contributed by atoms with Gasteiger partial charge in [0.05, 0.1) is 6.10 Å². The summed E-state index contributed by atoms with van der Waals surface area (Å²) in [5.41, 5.74) is 0. The molecule has 1 saturated heterocycles. The van der Waals surface area contributed by atoms with E-state index in [1.807, 2.05) is 6.92 Å². The van der Waals surface area contributed by atoms with Gasteiger partial charge >= 0.3 is 0 Å². The molecular weight excluding hydrogens is 216 g/mol. The molecule has 1 aliphatic rings. The van der Waals surface area contributed by atoms with Crippen molar-refractivity contribution >= 4 is 5.91 Å². The van der Waals surface area contributed by atoms with E-state index in [-0.39, 0.29) is 25.4 Å². The van der Waals surface area contributed by atoms with Gasteiger partial charge in [-0.15, -0.1) is 0 Å². The zero-order valence-electron chi connectivity index (χ0n) is 9.53. The molecule has 1 fully saturated rings. The van der Waals surface area contributed by atoms with Crippen molar-refractivity contribution in [2.45, 2.75) is 45.1 Å². The number of β-amino-alcohol motifs (C(OH)–C–C–N with tert-alkyl or cyclic N) is 1. The molecule has 0 spiro atoms. The van der Waals surface area contributed by atoms with E-state index in [1.54, 1.807) is 0 Å². The average Bonchev–Trinajstić information content (AvgIpc) is 2.24. The Balaban J connectivity index is 2.49. The Morgan fingerprint density at radius 1 is 1.50 bits per heavy atom. The van der Waals surface area contributed by atoms with Gasteiger partial charge in [0.25, 0.3) is 0 Å². The first-order chi connectivity index (χ1) is 7.54. The number of hydrogen-bond donors (Lipinski definition) is 1. The number of alkyl halides is 2. The van der Waals surface area contributed by atoms with Crippen LogP contribution in [0.3, 0.4) is 0 Å². The number of aliphatic hydroxyl groups excluding tert-OH is 1. The fourth-order valence-electron chi connectivity index (χ4n) is 1.98. The average molecular weight is 235 g/mol. The first-order valence-corrected chi connectivity index (χ1v) is 5.78. The molecule has 1 N–H and O–H groups in total. The van der Waals surface area contributed by atoms with E-state index in [9.17, 15) is 18.7 Å². The summed E-state index contributed by atoms with van der Waals surface area (Å²) in [6.07, 6.45) is -1.12. The molecule has 1 amide bonds. The van der Waals surface area contributed by atoms with Crippen LogP contribution in [0.1, 0.15) is 32.6 Å². The highest BCUT2D eigenvalue weighted by atomic mass is 19.3. The molecule has 1 rings (SSSR count). The summed E-state index contributed by atoms with van der Waals surface area (Å²) in [7, 11) is 0. The van der Waals surface area contributed by atoms with Crippen LogP contribution in [-0.2, 0) is 4.79 Å². The van der Waals surface area contributed by atoms with Crippen molar-refractivity contribution < 1.29 is 18.7 Å². The zero-order chi connectivity index (χ0) is 12.1. The van der Waals surface area contributed by atoms with E-state index in [4.69, 9.17) is 0 Å². The molecule has 0 saturated carbocycles. The Bertz CT molecular complexity index is 236. The maximum absolute atomic E-state index is 12.5. The molecule has 2 atom stereocenters. The lowest BCUT2D eigenvalue weighted by Crippen LogP contribution is -2.47. The Kier molecular flexibility index (Phi) is 5.12. The maximum atomic E-state index is 12.5. The quantitative estimate of drug-likeness (QED) is 0.805. The number of likely N-dealkylation sites (tertiary alicyclic amines) is 1. The van der Waals surface area contributed by atoms with Gasteiger partial charge < -0.3 is 10.0 Å². The summed E-state index contributed by atoms with van der Waals surface area (Å²) < 4.78 is 25.1. The largest absolute Gasteiger partial charge is 0.391 e. The van der Waals surface area contributed by atoms with Crippen molar-refractivity contribution in [2.24, 2.45) is 5.92 Å². The van der Waals surface area contributed by atoms with Crippen LogP contribution in [0.4, 0.5) is 8.78 Å². The number of carbonyl (C=O) groups excluding carboxylic acids is 1. The van der Waals surface area contributed by atoms with E-state index in [2.05, 4.69) is 0 Å². The molecule has 0 aromatic heterocycles. The number of halogens is 2. The monoisotopic (exact) mass is 235 g/mol. The summed E-state index contributed by atoms with van der Waals surface area (Å²) in [6.45, 7) is 2.25. The van der Waals surface area contributed by atoms with E-state index >= 15 is 0 Å². The lowest BCUT2D eigenvalue weighted by molar-refractivity contribution is -0.137. The highest BCUT2D eigenvalue weighted by Gasteiger charge is 2.33. The van der Waals surface area contributed by atoms with Crippen molar-refractivity contribution in [2.75, 3.05) is 13.1 Å². The lowest BCUT2D eigenvalue weighted by atomic mass is 9.96.